The molecule has 2 aromatic rings. The first-order valence-corrected chi connectivity index (χ1v) is 8.40. The maximum Gasteiger partial charge on any atom is 0.252 e. The normalized spacial score (nSPS) is 13.1. The van der Waals surface area contributed by atoms with E-state index in [4.69, 9.17) is 0 Å². The van der Waals surface area contributed by atoms with Crippen molar-refractivity contribution in [1.82, 2.24) is 5.32 Å². The van der Waals surface area contributed by atoms with Crippen LogP contribution in [0.5, 0.6) is 0 Å². The lowest BCUT2D eigenvalue weighted by Gasteiger charge is -2.31. The summed E-state index contributed by atoms with van der Waals surface area (Å²) in [6.07, 6.45) is 0.917. The Morgan fingerprint density at radius 2 is 1.81 bits per heavy atom. The molecule has 0 bridgehead atoms. The van der Waals surface area contributed by atoms with E-state index in [-0.39, 0.29) is 17.4 Å². The number of hydrogen-bond donors (Lipinski definition) is 1. The van der Waals surface area contributed by atoms with E-state index < -0.39 is 0 Å². The smallest absolute Gasteiger partial charge is 0.252 e. The largest absolute Gasteiger partial charge is 0.349 e. The molecule has 3 heteroatoms. The Labute approximate surface area is 135 Å². The molecule has 0 fully saturated rings. The maximum atomic E-state index is 12.7. The van der Waals surface area contributed by atoms with E-state index in [0.717, 1.165) is 28.1 Å². The van der Waals surface area contributed by atoms with Crippen LogP contribution in [0.25, 0.3) is 10.8 Å². The van der Waals surface area contributed by atoms with Crippen molar-refractivity contribution in [2.75, 3.05) is 5.33 Å². The Balaban J connectivity index is 2.30. The van der Waals surface area contributed by atoms with Crippen LogP contribution in [0, 0.1) is 5.41 Å². The minimum absolute atomic E-state index is 0.00711. The van der Waals surface area contributed by atoms with Crippen LogP contribution >= 0.6 is 15.9 Å². The summed E-state index contributed by atoms with van der Waals surface area (Å²) in [5, 5.41) is 6.18. The highest BCUT2D eigenvalue weighted by Gasteiger charge is 2.26. The summed E-state index contributed by atoms with van der Waals surface area (Å²) in [4.78, 5) is 12.7. The van der Waals surface area contributed by atoms with Crippen molar-refractivity contribution in [3.05, 3.63) is 48.0 Å². The lowest BCUT2D eigenvalue weighted by Crippen LogP contribution is -2.44. The van der Waals surface area contributed by atoms with Gasteiger partial charge in [-0.1, -0.05) is 73.1 Å². The zero-order chi connectivity index (χ0) is 15.5. The fraction of sp³-hybridized carbons (Fsp3) is 0.389. The molecule has 0 spiro atoms. The number of carbonyl (C=O) groups is 1. The van der Waals surface area contributed by atoms with Crippen LogP contribution in [0.3, 0.4) is 0 Å². The van der Waals surface area contributed by atoms with Gasteiger partial charge in [-0.2, -0.15) is 0 Å². The average Bonchev–Trinajstić information content (AvgIpc) is 2.45. The van der Waals surface area contributed by atoms with Crippen molar-refractivity contribution in [2.24, 2.45) is 5.41 Å². The van der Waals surface area contributed by atoms with Crippen molar-refractivity contribution >= 4 is 32.6 Å². The molecule has 0 aliphatic carbocycles. The van der Waals surface area contributed by atoms with Gasteiger partial charge in [-0.25, -0.2) is 0 Å². The second-order valence-corrected chi connectivity index (χ2v) is 7.19. The molecule has 1 atom stereocenters. The van der Waals surface area contributed by atoms with Crippen LogP contribution in [-0.2, 0) is 0 Å². The van der Waals surface area contributed by atoms with Crippen LogP contribution in [0.15, 0.2) is 42.5 Å². The molecule has 1 amide bonds. The van der Waals surface area contributed by atoms with Gasteiger partial charge in [-0.15, -0.1) is 0 Å². The van der Waals surface area contributed by atoms with E-state index >= 15 is 0 Å². The van der Waals surface area contributed by atoms with Crippen LogP contribution in [0.1, 0.15) is 37.6 Å². The Bertz CT molecular complexity index is 625. The Morgan fingerprint density at radius 3 is 2.48 bits per heavy atom. The molecule has 2 rings (SSSR count). The second kappa shape index (κ2) is 6.61. The van der Waals surface area contributed by atoms with E-state index in [1.165, 1.54) is 0 Å². The number of nitrogens with one attached hydrogen (secondary N) is 1. The highest BCUT2D eigenvalue weighted by atomic mass is 79.9. The number of rotatable bonds is 4. The number of halogens is 1. The summed E-state index contributed by atoms with van der Waals surface area (Å²) in [5.74, 6) is 0.00711. The first-order valence-electron chi connectivity index (χ1n) is 7.28. The van der Waals surface area contributed by atoms with Crippen molar-refractivity contribution in [1.29, 1.82) is 0 Å². The first kappa shape index (κ1) is 16.0. The van der Waals surface area contributed by atoms with Gasteiger partial charge >= 0.3 is 0 Å². The van der Waals surface area contributed by atoms with Gasteiger partial charge in [0, 0.05) is 16.9 Å². The van der Waals surface area contributed by atoms with Gasteiger partial charge in [0.05, 0.1) is 0 Å². The predicted molar refractivity (Wildman–Crippen MR) is 93.1 cm³/mol. The maximum absolute atomic E-state index is 12.7. The molecule has 0 saturated carbocycles. The number of hydrogen-bond acceptors (Lipinski definition) is 1. The minimum Gasteiger partial charge on any atom is -0.349 e. The van der Waals surface area contributed by atoms with E-state index in [0.29, 0.717) is 0 Å². The molecule has 0 aromatic heterocycles. The summed E-state index contributed by atoms with van der Waals surface area (Å²) >= 11 is 3.48. The van der Waals surface area contributed by atoms with Crippen molar-refractivity contribution in [2.45, 2.75) is 33.2 Å². The molecule has 21 heavy (non-hydrogen) atoms. The van der Waals surface area contributed by atoms with Crippen LogP contribution in [0.4, 0.5) is 0 Å². The SMILES string of the molecule is CC(C)(C)C(CCBr)NC(=O)c1cccc2ccccc12. The van der Waals surface area contributed by atoms with Crippen molar-refractivity contribution < 1.29 is 4.79 Å². The van der Waals surface area contributed by atoms with Gasteiger partial charge in [-0.3, -0.25) is 4.79 Å². The van der Waals surface area contributed by atoms with E-state index in [9.17, 15) is 4.79 Å². The molecule has 0 aliphatic rings. The Hall–Kier alpha value is -1.35. The van der Waals surface area contributed by atoms with Gasteiger partial charge in [0.25, 0.3) is 5.91 Å². The summed E-state index contributed by atoms with van der Waals surface area (Å²) in [7, 11) is 0. The lowest BCUT2D eigenvalue weighted by atomic mass is 9.85. The monoisotopic (exact) mass is 347 g/mol. The zero-order valence-electron chi connectivity index (χ0n) is 12.8. The molecule has 1 unspecified atom stereocenters. The zero-order valence-corrected chi connectivity index (χ0v) is 14.4. The highest BCUT2D eigenvalue weighted by Crippen LogP contribution is 2.24. The highest BCUT2D eigenvalue weighted by molar-refractivity contribution is 9.09. The lowest BCUT2D eigenvalue weighted by molar-refractivity contribution is 0.0902. The number of alkyl halides is 1. The van der Waals surface area contributed by atoms with Crippen molar-refractivity contribution in [3.63, 3.8) is 0 Å². The molecule has 2 aromatic carbocycles. The summed E-state index contributed by atoms with van der Waals surface area (Å²) < 4.78 is 0. The second-order valence-electron chi connectivity index (χ2n) is 6.40. The quantitative estimate of drug-likeness (QED) is 0.793. The molecule has 0 radical (unpaired) electrons. The standard InChI is InChI=1S/C18H22BrNO/c1-18(2,3)16(11-12-19)20-17(21)15-10-6-8-13-7-4-5-9-14(13)15/h4-10,16H,11-12H2,1-3H3,(H,20,21). The minimum atomic E-state index is 0.00711. The first-order chi connectivity index (χ1) is 9.93. The van der Waals surface area contributed by atoms with Gasteiger partial charge < -0.3 is 5.32 Å². The predicted octanol–water partition coefficient (Wildman–Crippen LogP) is 4.77. The molecular formula is C18H22BrNO. The topological polar surface area (TPSA) is 29.1 Å². The summed E-state index contributed by atoms with van der Waals surface area (Å²) in [6.45, 7) is 6.47. The van der Waals surface area contributed by atoms with Gasteiger partial charge in [0.15, 0.2) is 0 Å². The summed E-state index contributed by atoms with van der Waals surface area (Å²) in [5.41, 5.74) is 0.783. The molecule has 0 saturated heterocycles. The fourth-order valence-electron chi connectivity index (χ4n) is 2.49. The van der Waals surface area contributed by atoms with E-state index in [1.54, 1.807) is 0 Å². The Morgan fingerprint density at radius 1 is 1.14 bits per heavy atom. The third-order valence-electron chi connectivity index (χ3n) is 3.78. The van der Waals surface area contributed by atoms with Crippen molar-refractivity contribution in [3.8, 4) is 0 Å². The van der Waals surface area contributed by atoms with E-state index in [1.807, 2.05) is 42.5 Å². The van der Waals surface area contributed by atoms with Crippen LogP contribution in [0.2, 0.25) is 0 Å². The van der Waals surface area contributed by atoms with Crippen LogP contribution < -0.4 is 5.32 Å². The van der Waals surface area contributed by atoms with Gasteiger partial charge in [-0.05, 0) is 28.7 Å². The van der Waals surface area contributed by atoms with Gasteiger partial charge in [0.1, 0.15) is 0 Å². The third kappa shape index (κ3) is 3.85. The number of carbonyl (C=O) groups excluding carboxylic acids is 1. The van der Waals surface area contributed by atoms with E-state index in [2.05, 4.69) is 42.0 Å². The van der Waals surface area contributed by atoms with Gasteiger partial charge in [0.2, 0.25) is 0 Å². The Kier molecular flexibility index (Phi) is 5.04. The average molecular weight is 348 g/mol. The molecule has 112 valence electrons. The molecular weight excluding hydrogens is 326 g/mol. The molecule has 2 nitrogen and oxygen atoms in total. The number of fused-ring (bicyclic) bond motifs is 1. The summed E-state index contributed by atoms with van der Waals surface area (Å²) in [6, 6.07) is 14.0. The van der Waals surface area contributed by atoms with Crippen LogP contribution in [-0.4, -0.2) is 17.3 Å². The molecule has 1 N–H and O–H groups in total. The third-order valence-corrected chi connectivity index (χ3v) is 4.24. The molecule has 0 aliphatic heterocycles. The molecule has 0 heterocycles. The fourth-order valence-corrected chi connectivity index (χ4v) is 2.95. The number of benzene rings is 2. The number of amides is 1.